The largest absolute Gasteiger partial charge is 0.335 e. The molecule has 20 heavy (non-hydrogen) atoms. The number of carbonyl (C=O) groups is 1. The topological polar surface area (TPSA) is 32.3 Å². The van der Waals surface area contributed by atoms with Crippen molar-refractivity contribution < 1.29 is 9.18 Å². The van der Waals surface area contributed by atoms with E-state index < -0.39 is 0 Å². The summed E-state index contributed by atoms with van der Waals surface area (Å²) < 4.78 is 13.2. The zero-order valence-corrected chi connectivity index (χ0v) is 12.2. The third-order valence-electron chi connectivity index (χ3n) is 3.44. The average molecular weight is 278 g/mol. The van der Waals surface area contributed by atoms with Crippen LogP contribution < -0.4 is 5.32 Å². The minimum absolute atomic E-state index is 0.157. The molecule has 4 heteroatoms. The molecule has 0 aromatic heterocycles. The first-order valence-electron chi connectivity index (χ1n) is 7.33. The molecule has 0 radical (unpaired) electrons. The van der Waals surface area contributed by atoms with Crippen LogP contribution in [0.15, 0.2) is 24.3 Å². The molecule has 110 valence electrons. The van der Waals surface area contributed by atoms with Gasteiger partial charge < -0.3 is 10.2 Å². The summed E-state index contributed by atoms with van der Waals surface area (Å²) >= 11 is 0. The van der Waals surface area contributed by atoms with Gasteiger partial charge in [0, 0.05) is 31.6 Å². The zero-order valence-electron chi connectivity index (χ0n) is 12.2. The second kappa shape index (κ2) is 6.84. The van der Waals surface area contributed by atoms with E-state index in [1.165, 1.54) is 12.1 Å². The molecule has 1 N–H and O–H groups in total. The van der Waals surface area contributed by atoms with Crippen molar-refractivity contribution in [1.82, 2.24) is 10.2 Å². The van der Waals surface area contributed by atoms with E-state index in [0.29, 0.717) is 31.6 Å². The van der Waals surface area contributed by atoms with Gasteiger partial charge in [-0.25, -0.2) is 4.39 Å². The highest BCUT2D eigenvalue weighted by Crippen LogP contribution is 2.29. The Kier molecular flexibility index (Phi) is 5.12. The lowest BCUT2D eigenvalue weighted by Gasteiger charge is -2.23. The minimum atomic E-state index is -0.243. The van der Waals surface area contributed by atoms with Gasteiger partial charge in [0.2, 0.25) is 5.91 Å². The number of nitrogens with zero attached hydrogens (tertiary/aromatic N) is 1. The smallest absolute Gasteiger partial charge is 0.224 e. The maximum atomic E-state index is 13.2. The van der Waals surface area contributed by atoms with Crippen LogP contribution in [0.3, 0.4) is 0 Å². The van der Waals surface area contributed by atoms with Gasteiger partial charge in [-0.15, -0.1) is 0 Å². The fraction of sp³-hybridized carbons (Fsp3) is 0.562. The molecular formula is C16H23FN2O. The van der Waals surface area contributed by atoms with Gasteiger partial charge in [-0.2, -0.15) is 0 Å². The Balaban J connectivity index is 1.91. The summed E-state index contributed by atoms with van der Waals surface area (Å²) in [6.07, 6.45) is 2.64. The van der Waals surface area contributed by atoms with Crippen molar-refractivity contribution in [2.75, 3.05) is 6.54 Å². The maximum absolute atomic E-state index is 13.2. The van der Waals surface area contributed by atoms with Crippen molar-refractivity contribution in [3.8, 4) is 0 Å². The summed E-state index contributed by atoms with van der Waals surface area (Å²) in [5.74, 6) is -0.0860. The van der Waals surface area contributed by atoms with Gasteiger partial charge in [-0.1, -0.05) is 26.0 Å². The standard InChI is InChI=1S/C16H23FN2O/c1-12(2)18-9-8-16(20)19(15-6-7-15)11-13-4-3-5-14(17)10-13/h3-5,10,12,15,18H,6-9,11H2,1-2H3. The van der Waals surface area contributed by atoms with Crippen LogP contribution in [0.5, 0.6) is 0 Å². The number of amides is 1. The third kappa shape index (κ3) is 4.60. The average Bonchev–Trinajstić information content (AvgIpc) is 3.19. The first-order valence-corrected chi connectivity index (χ1v) is 7.33. The van der Waals surface area contributed by atoms with Gasteiger partial charge in [-0.3, -0.25) is 4.79 Å². The molecule has 1 fully saturated rings. The summed E-state index contributed by atoms with van der Waals surface area (Å²) in [6.45, 7) is 5.34. The number of nitrogens with one attached hydrogen (secondary N) is 1. The molecule has 1 aromatic carbocycles. The van der Waals surface area contributed by atoms with E-state index in [1.54, 1.807) is 6.07 Å². The molecule has 1 aromatic rings. The molecule has 0 bridgehead atoms. The van der Waals surface area contributed by atoms with Gasteiger partial charge in [-0.05, 0) is 30.5 Å². The summed E-state index contributed by atoms with van der Waals surface area (Å²) in [5, 5.41) is 3.26. The molecule has 0 spiro atoms. The zero-order chi connectivity index (χ0) is 14.5. The molecule has 0 heterocycles. The van der Waals surface area contributed by atoms with Crippen LogP contribution in [0.1, 0.15) is 38.7 Å². The second-order valence-electron chi connectivity index (χ2n) is 5.74. The molecular weight excluding hydrogens is 255 g/mol. The Labute approximate surface area is 120 Å². The molecule has 1 amide bonds. The lowest BCUT2D eigenvalue weighted by atomic mass is 10.2. The summed E-state index contributed by atoms with van der Waals surface area (Å²) in [4.78, 5) is 14.2. The Morgan fingerprint density at radius 2 is 2.20 bits per heavy atom. The van der Waals surface area contributed by atoms with Crippen molar-refractivity contribution in [1.29, 1.82) is 0 Å². The van der Waals surface area contributed by atoms with Gasteiger partial charge in [0.25, 0.3) is 0 Å². The highest BCUT2D eigenvalue weighted by Gasteiger charge is 2.32. The molecule has 0 aliphatic heterocycles. The van der Waals surface area contributed by atoms with Crippen LogP contribution in [0.2, 0.25) is 0 Å². The van der Waals surface area contributed by atoms with Crippen molar-refractivity contribution >= 4 is 5.91 Å². The van der Waals surface area contributed by atoms with E-state index >= 15 is 0 Å². The molecule has 2 rings (SSSR count). The lowest BCUT2D eigenvalue weighted by molar-refractivity contribution is -0.132. The van der Waals surface area contributed by atoms with Crippen LogP contribution in [-0.2, 0) is 11.3 Å². The fourth-order valence-electron chi connectivity index (χ4n) is 2.25. The number of rotatable bonds is 7. The predicted molar refractivity (Wildman–Crippen MR) is 77.7 cm³/mol. The van der Waals surface area contributed by atoms with Crippen molar-refractivity contribution in [2.45, 2.75) is 51.7 Å². The lowest BCUT2D eigenvalue weighted by Crippen LogP contribution is -2.35. The van der Waals surface area contributed by atoms with E-state index in [0.717, 1.165) is 18.4 Å². The quantitative estimate of drug-likeness (QED) is 0.831. The second-order valence-corrected chi connectivity index (χ2v) is 5.74. The van der Waals surface area contributed by atoms with Gasteiger partial charge >= 0.3 is 0 Å². The summed E-state index contributed by atoms with van der Waals surface area (Å²) in [6, 6.07) is 7.25. The molecule has 0 saturated heterocycles. The van der Waals surface area contributed by atoms with E-state index in [-0.39, 0.29) is 11.7 Å². The Morgan fingerprint density at radius 3 is 2.80 bits per heavy atom. The van der Waals surface area contributed by atoms with Crippen LogP contribution >= 0.6 is 0 Å². The van der Waals surface area contributed by atoms with Crippen LogP contribution in [0.4, 0.5) is 4.39 Å². The van der Waals surface area contributed by atoms with Crippen LogP contribution in [0.25, 0.3) is 0 Å². The normalized spacial score (nSPS) is 14.6. The van der Waals surface area contributed by atoms with E-state index in [4.69, 9.17) is 0 Å². The molecule has 1 aliphatic rings. The SMILES string of the molecule is CC(C)NCCC(=O)N(Cc1cccc(F)c1)C1CC1. The van der Waals surface area contributed by atoms with Crippen molar-refractivity contribution in [3.63, 3.8) is 0 Å². The van der Waals surface area contributed by atoms with Crippen LogP contribution in [-0.4, -0.2) is 29.4 Å². The van der Waals surface area contributed by atoms with Gasteiger partial charge in [0.1, 0.15) is 5.82 Å². The van der Waals surface area contributed by atoms with Crippen molar-refractivity contribution in [2.24, 2.45) is 0 Å². The number of benzene rings is 1. The molecule has 1 saturated carbocycles. The Hall–Kier alpha value is -1.42. The Morgan fingerprint density at radius 1 is 1.45 bits per heavy atom. The first-order chi connectivity index (χ1) is 9.56. The third-order valence-corrected chi connectivity index (χ3v) is 3.44. The van der Waals surface area contributed by atoms with Crippen molar-refractivity contribution in [3.05, 3.63) is 35.6 Å². The Bertz CT molecular complexity index is 458. The molecule has 0 unspecified atom stereocenters. The maximum Gasteiger partial charge on any atom is 0.224 e. The van der Waals surface area contributed by atoms with Gasteiger partial charge in [0.05, 0.1) is 0 Å². The molecule has 0 atom stereocenters. The summed E-state index contributed by atoms with van der Waals surface area (Å²) in [5.41, 5.74) is 0.863. The number of hydrogen-bond acceptors (Lipinski definition) is 2. The predicted octanol–water partition coefficient (Wildman–Crippen LogP) is 2.70. The highest BCUT2D eigenvalue weighted by atomic mass is 19.1. The number of carbonyl (C=O) groups excluding carboxylic acids is 1. The molecule has 1 aliphatic carbocycles. The van der Waals surface area contributed by atoms with Crippen LogP contribution in [0, 0.1) is 5.82 Å². The fourth-order valence-corrected chi connectivity index (χ4v) is 2.25. The first kappa shape index (κ1) is 15.0. The summed E-state index contributed by atoms with van der Waals surface area (Å²) in [7, 11) is 0. The monoisotopic (exact) mass is 278 g/mol. The molecule has 3 nitrogen and oxygen atoms in total. The number of halogens is 1. The minimum Gasteiger partial charge on any atom is -0.335 e. The van der Waals surface area contributed by atoms with Gasteiger partial charge in [0.15, 0.2) is 0 Å². The number of hydrogen-bond donors (Lipinski definition) is 1. The van der Waals surface area contributed by atoms with E-state index in [1.807, 2.05) is 11.0 Å². The highest BCUT2D eigenvalue weighted by molar-refractivity contribution is 5.77. The van der Waals surface area contributed by atoms with E-state index in [2.05, 4.69) is 19.2 Å². The van der Waals surface area contributed by atoms with E-state index in [9.17, 15) is 9.18 Å².